The first-order chi connectivity index (χ1) is 10.1. The van der Waals surface area contributed by atoms with Crippen LogP contribution in [0.15, 0.2) is 30.3 Å². The van der Waals surface area contributed by atoms with Crippen molar-refractivity contribution in [2.75, 3.05) is 13.2 Å². The monoisotopic (exact) mass is 289 g/mol. The molecule has 0 bridgehead atoms. The maximum Gasteiger partial charge on any atom is 0.307 e. The number of rotatable bonds is 3. The largest absolute Gasteiger partial charge is 0.481 e. The fourth-order valence-corrected chi connectivity index (χ4v) is 2.95. The Morgan fingerprint density at radius 3 is 2.57 bits per heavy atom. The molecular formula is C16H19NO4. The van der Waals surface area contributed by atoms with Crippen LogP contribution < -0.4 is 0 Å². The van der Waals surface area contributed by atoms with E-state index < -0.39 is 11.9 Å². The summed E-state index contributed by atoms with van der Waals surface area (Å²) in [4.78, 5) is 25.4. The number of nitrogens with zero attached hydrogens (tertiary/aromatic N) is 1. The predicted octanol–water partition coefficient (Wildman–Crippen LogP) is 1.70. The van der Waals surface area contributed by atoms with Gasteiger partial charge in [0.2, 0.25) is 5.91 Å². The van der Waals surface area contributed by atoms with Crippen LogP contribution in [0.4, 0.5) is 0 Å². The fourth-order valence-electron chi connectivity index (χ4n) is 2.95. The Labute approximate surface area is 123 Å². The van der Waals surface area contributed by atoms with Gasteiger partial charge in [0.1, 0.15) is 0 Å². The van der Waals surface area contributed by atoms with Gasteiger partial charge in [0, 0.05) is 6.54 Å². The molecule has 4 atom stereocenters. The smallest absolute Gasteiger partial charge is 0.307 e. The SMILES string of the molecule is CC1CN(C(=O)C2CC2C(=O)O)C(c2ccccc2)CO1. The second-order valence-corrected chi connectivity index (χ2v) is 5.85. The van der Waals surface area contributed by atoms with Crippen molar-refractivity contribution in [2.24, 2.45) is 11.8 Å². The predicted molar refractivity (Wildman–Crippen MR) is 75.5 cm³/mol. The summed E-state index contributed by atoms with van der Waals surface area (Å²) in [6, 6.07) is 9.64. The highest BCUT2D eigenvalue weighted by molar-refractivity contribution is 5.89. The Balaban J connectivity index is 1.79. The van der Waals surface area contributed by atoms with Crippen molar-refractivity contribution < 1.29 is 19.4 Å². The molecule has 1 aliphatic carbocycles. The molecule has 1 aliphatic heterocycles. The van der Waals surface area contributed by atoms with E-state index in [4.69, 9.17) is 9.84 Å². The number of aliphatic carboxylic acids is 1. The number of morpholine rings is 1. The van der Waals surface area contributed by atoms with Crippen molar-refractivity contribution in [3.05, 3.63) is 35.9 Å². The number of ether oxygens (including phenoxy) is 1. The normalized spacial score (nSPS) is 31.8. The summed E-state index contributed by atoms with van der Waals surface area (Å²) in [7, 11) is 0. The molecule has 5 nitrogen and oxygen atoms in total. The molecule has 5 heteroatoms. The second kappa shape index (κ2) is 5.48. The number of carboxylic acid groups (broad SMARTS) is 1. The summed E-state index contributed by atoms with van der Waals surface area (Å²) in [6.45, 7) is 2.91. The van der Waals surface area contributed by atoms with Gasteiger partial charge in [-0.25, -0.2) is 0 Å². The van der Waals surface area contributed by atoms with Gasteiger partial charge < -0.3 is 14.7 Å². The summed E-state index contributed by atoms with van der Waals surface area (Å²) >= 11 is 0. The minimum atomic E-state index is -0.870. The highest BCUT2D eigenvalue weighted by Crippen LogP contribution is 2.42. The van der Waals surface area contributed by atoms with Gasteiger partial charge in [0.25, 0.3) is 0 Å². The van der Waals surface area contributed by atoms with Crippen LogP contribution in [-0.4, -0.2) is 41.1 Å². The third-order valence-corrected chi connectivity index (χ3v) is 4.26. The zero-order valence-corrected chi connectivity index (χ0v) is 11.9. The van der Waals surface area contributed by atoms with Crippen LogP contribution in [0.3, 0.4) is 0 Å². The molecule has 1 saturated carbocycles. The van der Waals surface area contributed by atoms with Crippen molar-refractivity contribution in [1.29, 1.82) is 0 Å². The third-order valence-electron chi connectivity index (χ3n) is 4.26. The van der Waals surface area contributed by atoms with Crippen molar-refractivity contribution >= 4 is 11.9 Å². The first kappa shape index (κ1) is 14.1. The molecule has 1 amide bonds. The van der Waals surface area contributed by atoms with Crippen molar-refractivity contribution in [3.8, 4) is 0 Å². The van der Waals surface area contributed by atoms with Crippen LogP contribution >= 0.6 is 0 Å². The van der Waals surface area contributed by atoms with E-state index in [1.165, 1.54) is 0 Å². The molecule has 4 unspecified atom stereocenters. The molecule has 0 spiro atoms. The van der Waals surface area contributed by atoms with Crippen LogP contribution in [0.2, 0.25) is 0 Å². The standard InChI is InChI=1S/C16H19NO4/c1-10-8-17(15(18)12-7-13(12)16(19)20)14(9-21-10)11-5-3-2-4-6-11/h2-6,10,12-14H,7-9H2,1H3,(H,19,20). The Bertz CT molecular complexity index is 544. The number of amides is 1. The molecule has 1 N–H and O–H groups in total. The summed E-state index contributed by atoms with van der Waals surface area (Å²) in [6.07, 6.45) is 0.442. The quantitative estimate of drug-likeness (QED) is 0.919. The van der Waals surface area contributed by atoms with Gasteiger partial charge in [-0.15, -0.1) is 0 Å². The van der Waals surface area contributed by atoms with Crippen LogP contribution in [-0.2, 0) is 14.3 Å². The molecule has 3 rings (SSSR count). The van der Waals surface area contributed by atoms with E-state index in [0.717, 1.165) is 5.56 Å². The van der Waals surface area contributed by atoms with Gasteiger partial charge in [-0.3, -0.25) is 9.59 Å². The third kappa shape index (κ3) is 2.78. The average molecular weight is 289 g/mol. The van der Waals surface area contributed by atoms with Gasteiger partial charge in [-0.1, -0.05) is 30.3 Å². The molecule has 1 aromatic carbocycles. The zero-order chi connectivity index (χ0) is 15.0. The number of carbonyl (C=O) groups excluding carboxylic acids is 1. The van der Waals surface area contributed by atoms with Crippen LogP contribution in [0.1, 0.15) is 24.9 Å². The number of hydrogen-bond donors (Lipinski definition) is 1. The van der Waals surface area contributed by atoms with Crippen LogP contribution in [0, 0.1) is 11.8 Å². The molecule has 0 aromatic heterocycles. The number of carboxylic acids is 1. The first-order valence-corrected chi connectivity index (χ1v) is 7.27. The highest BCUT2D eigenvalue weighted by atomic mass is 16.5. The molecular weight excluding hydrogens is 270 g/mol. The Morgan fingerprint density at radius 1 is 1.24 bits per heavy atom. The molecule has 1 heterocycles. The minimum Gasteiger partial charge on any atom is -0.481 e. The Hall–Kier alpha value is -1.88. The van der Waals surface area contributed by atoms with Gasteiger partial charge in [0.05, 0.1) is 30.6 Å². The van der Waals surface area contributed by atoms with E-state index in [0.29, 0.717) is 19.6 Å². The van der Waals surface area contributed by atoms with E-state index in [9.17, 15) is 9.59 Å². The lowest BCUT2D eigenvalue weighted by atomic mass is 10.0. The summed E-state index contributed by atoms with van der Waals surface area (Å²) in [5.74, 6) is -1.79. The van der Waals surface area contributed by atoms with E-state index >= 15 is 0 Å². The molecule has 0 radical (unpaired) electrons. The Kier molecular flexibility index (Phi) is 3.68. The van der Waals surface area contributed by atoms with E-state index in [2.05, 4.69) is 0 Å². The molecule has 21 heavy (non-hydrogen) atoms. The van der Waals surface area contributed by atoms with Gasteiger partial charge >= 0.3 is 5.97 Å². The molecule has 2 fully saturated rings. The van der Waals surface area contributed by atoms with E-state index in [1.54, 1.807) is 4.90 Å². The van der Waals surface area contributed by atoms with E-state index in [-0.39, 0.29) is 24.0 Å². The zero-order valence-electron chi connectivity index (χ0n) is 11.9. The number of benzene rings is 1. The lowest BCUT2D eigenvalue weighted by molar-refractivity contribution is -0.149. The maximum atomic E-state index is 12.6. The highest BCUT2D eigenvalue weighted by Gasteiger charge is 2.51. The lowest BCUT2D eigenvalue weighted by Gasteiger charge is -2.39. The molecule has 1 aromatic rings. The van der Waals surface area contributed by atoms with Crippen LogP contribution in [0.25, 0.3) is 0 Å². The molecule has 112 valence electrons. The fraction of sp³-hybridized carbons (Fsp3) is 0.500. The summed E-state index contributed by atoms with van der Waals surface area (Å²) in [5.41, 5.74) is 1.03. The maximum absolute atomic E-state index is 12.6. The minimum absolute atomic E-state index is 0.0176. The summed E-state index contributed by atoms with van der Waals surface area (Å²) < 4.78 is 5.69. The molecule has 2 aliphatic rings. The average Bonchev–Trinajstić information content (AvgIpc) is 3.28. The molecule has 1 saturated heterocycles. The van der Waals surface area contributed by atoms with Crippen molar-refractivity contribution in [1.82, 2.24) is 4.90 Å². The van der Waals surface area contributed by atoms with Gasteiger partial charge in [-0.2, -0.15) is 0 Å². The Morgan fingerprint density at radius 2 is 1.95 bits per heavy atom. The van der Waals surface area contributed by atoms with Crippen LogP contribution in [0.5, 0.6) is 0 Å². The van der Waals surface area contributed by atoms with Gasteiger partial charge in [-0.05, 0) is 18.9 Å². The summed E-state index contributed by atoms with van der Waals surface area (Å²) in [5, 5.41) is 9.01. The first-order valence-electron chi connectivity index (χ1n) is 7.27. The number of carbonyl (C=O) groups is 2. The second-order valence-electron chi connectivity index (χ2n) is 5.85. The van der Waals surface area contributed by atoms with E-state index in [1.807, 2.05) is 37.3 Å². The number of hydrogen-bond acceptors (Lipinski definition) is 3. The van der Waals surface area contributed by atoms with Crippen molar-refractivity contribution in [2.45, 2.75) is 25.5 Å². The lowest BCUT2D eigenvalue weighted by Crippen LogP contribution is -2.47. The topological polar surface area (TPSA) is 66.8 Å². The van der Waals surface area contributed by atoms with Crippen molar-refractivity contribution in [3.63, 3.8) is 0 Å². The van der Waals surface area contributed by atoms with Gasteiger partial charge in [0.15, 0.2) is 0 Å².